The van der Waals surface area contributed by atoms with Crippen LogP contribution in [0.4, 0.5) is 0 Å². The molecule has 1 fully saturated rings. The molecule has 1 N–H and O–H groups in total. The molecule has 0 amide bonds. The van der Waals surface area contributed by atoms with E-state index in [1.807, 2.05) is 24.0 Å². The van der Waals surface area contributed by atoms with Crippen molar-refractivity contribution in [1.29, 1.82) is 0 Å². The summed E-state index contributed by atoms with van der Waals surface area (Å²) >= 11 is 0. The molecule has 2 rings (SSSR count). The number of hydrogen-bond donors (Lipinski definition) is 1. The van der Waals surface area contributed by atoms with Gasteiger partial charge in [-0.15, -0.1) is 0 Å². The quantitative estimate of drug-likeness (QED) is 0.824. The first-order chi connectivity index (χ1) is 7.09. The van der Waals surface area contributed by atoms with Gasteiger partial charge in [-0.25, -0.2) is 0 Å². The second-order valence-corrected chi connectivity index (χ2v) is 5.02. The zero-order valence-corrected chi connectivity index (χ0v) is 9.61. The topological polar surface area (TPSA) is 38.1 Å². The van der Waals surface area contributed by atoms with E-state index in [1.54, 1.807) is 0 Å². The SMILES string of the molecule is CC1CCC(O)(CCc2ccnn2C)C1. The molecule has 1 aromatic rings. The molecule has 1 aliphatic carbocycles. The minimum atomic E-state index is -0.413. The fraction of sp³-hybridized carbons (Fsp3) is 0.750. The first-order valence-electron chi connectivity index (χ1n) is 5.78. The van der Waals surface area contributed by atoms with Crippen molar-refractivity contribution in [3.05, 3.63) is 18.0 Å². The molecule has 1 aliphatic rings. The molecule has 0 aliphatic heterocycles. The van der Waals surface area contributed by atoms with Crippen LogP contribution in [0.2, 0.25) is 0 Å². The molecule has 1 saturated carbocycles. The molecular formula is C12H20N2O. The van der Waals surface area contributed by atoms with Crippen LogP contribution in [-0.4, -0.2) is 20.5 Å². The van der Waals surface area contributed by atoms with Gasteiger partial charge in [0, 0.05) is 18.9 Å². The highest BCUT2D eigenvalue weighted by molar-refractivity contribution is 5.02. The molecule has 1 aromatic heterocycles. The summed E-state index contributed by atoms with van der Waals surface area (Å²) in [5.74, 6) is 0.682. The fourth-order valence-electron chi connectivity index (χ4n) is 2.60. The Bertz CT molecular complexity index is 334. The van der Waals surface area contributed by atoms with Crippen molar-refractivity contribution in [2.24, 2.45) is 13.0 Å². The van der Waals surface area contributed by atoms with Crippen LogP contribution in [0.15, 0.2) is 12.3 Å². The first-order valence-corrected chi connectivity index (χ1v) is 5.78. The molecular weight excluding hydrogens is 188 g/mol. The summed E-state index contributed by atoms with van der Waals surface area (Å²) in [6.45, 7) is 2.22. The Balaban J connectivity index is 1.91. The van der Waals surface area contributed by atoms with Gasteiger partial charge < -0.3 is 5.11 Å². The van der Waals surface area contributed by atoms with Crippen LogP contribution in [-0.2, 0) is 13.5 Å². The highest BCUT2D eigenvalue weighted by Crippen LogP contribution is 2.37. The monoisotopic (exact) mass is 208 g/mol. The Morgan fingerprint density at radius 2 is 2.47 bits per heavy atom. The van der Waals surface area contributed by atoms with Crippen LogP contribution in [0, 0.1) is 5.92 Å². The second-order valence-electron chi connectivity index (χ2n) is 5.02. The summed E-state index contributed by atoms with van der Waals surface area (Å²) < 4.78 is 1.89. The van der Waals surface area contributed by atoms with E-state index in [0.717, 1.165) is 25.7 Å². The van der Waals surface area contributed by atoms with E-state index in [-0.39, 0.29) is 0 Å². The highest BCUT2D eigenvalue weighted by Gasteiger charge is 2.34. The van der Waals surface area contributed by atoms with Gasteiger partial charge in [0.05, 0.1) is 5.60 Å². The Morgan fingerprint density at radius 1 is 1.67 bits per heavy atom. The summed E-state index contributed by atoms with van der Waals surface area (Å²) in [5, 5.41) is 14.5. The van der Waals surface area contributed by atoms with E-state index in [9.17, 15) is 5.11 Å². The van der Waals surface area contributed by atoms with Gasteiger partial charge in [-0.1, -0.05) is 6.92 Å². The molecule has 2 atom stereocenters. The third-order valence-electron chi connectivity index (χ3n) is 3.60. The molecule has 0 bridgehead atoms. The number of hydrogen-bond acceptors (Lipinski definition) is 2. The maximum Gasteiger partial charge on any atom is 0.0654 e. The Morgan fingerprint density at radius 3 is 3.00 bits per heavy atom. The van der Waals surface area contributed by atoms with Crippen molar-refractivity contribution in [2.75, 3.05) is 0 Å². The number of rotatable bonds is 3. The second kappa shape index (κ2) is 3.97. The minimum Gasteiger partial charge on any atom is -0.390 e. The van der Waals surface area contributed by atoms with E-state index >= 15 is 0 Å². The van der Waals surface area contributed by atoms with Gasteiger partial charge in [0.15, 0.2) is 0 Å². The van der Waals surface area contributed by atoms with Gasteiger partial charge >= 0.3 is 0 Å². The zero-order valence-electron chi connectivity index (χ0n) is 9.61. The van der Waals surface area contributed by atoms with Crippen LogP contribution in [0.1, 0.15) is 38.3 Å². The molecule has 0 spiro atoms. The third kappa shape index (κ3) is 2.40. The molecule has 0 radical (unpaired) electrons. The van der Waals surface area contributed by atoms with Crippen molar-refractivity contribution < 1.29 is 5.11 Å². The molecule has 15 heavy (non-hydrogen) atoms. The van der Waals surface area contributed by atoms with E-state index in [4.69, 9.17) is 0 Å². The predicted molar refractivity (Wildman–Crippen MR) is 59.5 cm³/mol. The van der Waals surface area contributed by atoms with Crippen LogP contribution >= 0.6 is 0 Å². The summed E-state index contributed by atoms with van der Waals surface area (Å²) in [7, 11) is 1.96. The summed E-state index contributed by atoms with van der Waals surface area (Å²) in [5.41, 5.74) is 0.798. The maximum absolute atomic E-state index is 10.3. The Kier molecular flexibility index (Phi) is 2.83. The van der Waals surface area contributed by atoms with Gasteiger partial charge in [0.25, 0.3) is 0 Å². The number of aliphatic hydroxyl groups is 1. The average molecular weight is 208 g/mol. The van der Waals surface area contributed by atoms with Crippen LogP contribution in [0.3, 0.4) is 0 Å². The fourth-order valence-corrected chi connectivity index (χ4v) is 2.60. The van der Waals surface area contributed by atoms with Crippen LogP contribution in [0.25, 0.3) is 0 Å². The molecule has 0 aromatic carbocycles. The van der Waals surface area contributed by atoms with Crippen molar-refractivity contribution in [2.45, 2.75) is 44.6 Å². The van der Waals surface area contributed by atoms with Crippen molar-refractivity contribution in [1.82, 2.24) is 9.78 Å². The first kappa shape index (κ1) is 10.7. The van der Waals surface area contributed by atoms with Crippen molar-refractivity contribution in [3.63, 3.8) is 0 Å². The van der Waals surface area contributed by atoms with Gasteiger partial charge in [0.2, 0.25) is 0 Å². The van der Waals surface area contributed by atoms with E-state index in [1.165, 1.54) is 12.1 Å². The summed E-state index contributed by atoms with van der Waals surface area (Å²) in [4.78, 5) is 0. The molecule has 2 unspecified atom stereocenters. The smallest absolute Gasteiger partial charge is 0.0654 e. The standard InChI is InChI=1S/C12H20N2O/c1-10-3-6-12(15,9-10)7-4-11-5-8-13-14(11)2/h5,8,10,15H,3-4,6-7,9H2,1-2H3. The Labute approximate surface area is 91.1 Å². The minimum absolute atomic E-state index is 0.413. The van der Waals surface area contributed by atoms with Crippen LogP contribution in [0.5, 0.6) is 0 Å². The molecule has 1 heterocycles. The van der Waals surface area contributed by atoms with Gasteiger partial charge in [0.1, 0.15) is 0 Å². The third-order valence-corrected chi connectivity index (χ3v) is 3.60. The number of aryl methyl sites for hydroxylation is 2. The predicted octanol–water partition coefficient (Wildman–Crippen LogP) is 1.90. The van der Waals surface area contributed by atoms with Crippen LogP contribution < -0.4 is 0 Å². The molecule has 3 heteroatoms. The summed E-state index contributed by atoms with van der Waals surface area (Å²) in [6, 6.07) is 2.03. The lowest BCUT2D eigenvalue weighted by molar-refractivity contribution is 0.0352. The average Bonchev–Trinajstić information content (AvgIpc) is 2.71. The van der Waals surface area contributed by atoms with Crippen molar-refractivity contribution >= 4 is 0 Å². The lowest BCUT2D eigenvalue weighted by atomic mass is 9.94. The van der Waals surface area contributed by atoms with E-state index in [0.29, 0.717) is 5.92 Å². The van der Waals surface area contributed by atoms with E-state index < -0.39 is 5.60 Å². The number of aromatic nitrogens is 2. The maximum atomic E-state index is 10.3. The summed E-state index contributed by atoms with van der Waals surface area (Å²) in [6.07, 6.45) is 6.71. The van der Waals surface area contributed by atoms with Crippen molar-refractivity contribution in [3.8, 4) is 0 Å². The Hall–Kier alpha value is -0.830. The molecule has 84 valence electrons. The molecule has 0 saturated heterocycles. The van der Waals surface area contributed by atoms with E-state index in [2.05, 4.69) is 12.0 Å². The molecule has 3 nitrogen and oxygen atoms in total. The lowest BCUT2D eigenvalue weighted by Gasteiger charge is -2.22. The number of nitrogens with zero attached hydrogens (tertiary/aromatic N) is 2. The van der Waals surface area contributed by atoms with Gasteiger partial charge in [-0.05, 0) is 44.1 Å². The van der Waals surface area contributed by atoms with Gasteiger partial charge in [-0.2, -0.15) is 5.10 Å². The normalized spacial score (nSPS) is 31.0. The highest BCUT2D eigenvalue weighted by atomic mass is 16.3. The lowest BCUT2D eigenvalue weighted by Crippen LogP contribution is -2.25. The largest absolute Gasteiger partial charge is 0.390 e. The zero-order chi connectivity index (χ0) is 10.9. The van der Waals surface area contributed by atoms with Gasteiger partial charge in [-0.3, -0.25) is 4.68 Å².